The first kappa shape index (κ1) is 17.2. The number of pyridine rings is 1. The van der Waals surface area contributed by atoms with Crippen molar-refractivity contribution in [1.82, 2.24) is 14.8 Å². The van der Waals surface area contributed by atoms with Crippen molar-refractivity contribution in [1.29, 1.82) is 0 Å². The van der Waals surface area contributed by atoms with Crippen molar-refractivity contribution in [3.8, 4) is 5.88 Å². The predicted octanol–water partition coefficient (Wildman–Crippen LogP) is 1.42. The van der Waals surface area contributed by atoms with Crippen LogP contribution in [0.15, 0.2) is 24.4 Å². The molecule has 2 fully saturated rings. The molecule has 132 valence electrons. The Morgan fingerprint density at radius 2 is 2.29 bits per heavy atom. The van der Waals surface area contributed by atoms with Crippen LogP contribution in [0.1, 0.15) is 19.3 Å². The third kappa shape index (κ3) is 3.87. The molecule has 0 aromatic carbocycles. The number of rotatable bonds is 7. The lowest BCUT2D eigenvalue weighted by Crippen LogP contribution is -2.66. The standard InChI is InChI=1S/C18H27N3O3/c1-20(2)10-6-17(22)21-13-18(14-21)15(8-12-24-18)7-11-23-16-5-3-4-9-19-16/h3-5,9,15H,6-8,10-14H2,1-2H3/t15-/m1/s1. The van der Waals surface area contributed by atoms with Crippen molar-refractivity contribution in [3.63, 3.8) is 0 Å². The van der Waals surface area contributed by atoms with Gasteiger partial charge >= 0.3 is 0 Å². The van der Waals surface area contributed by atoms with E-state index in [1.807, 2.05) is 42.1 Å². The van der Waals surface area contributed by atoms with Gasteiger partial charge in [-0.05, 0) is 38.9 Å². The molecule has 3 rings (SSSR count). The lowest BCUT2D eigenvalue weighted by Gasteiger charge is -2.50. The normalized spacial score (nSPS) is 22.0. The van der Waals surface area contributed by atoms with Gasteiger partial charge in [-0.25, -0.2) is 4.98 Å². The van der Waals surface area contributed by atoms with E-state index in [1.165, 1.54) is 0 Å². The number of hydrogen-bond donors (Lipinski definition) is 0. The van der Waals surface area contributed by atoms with Crippen molar-refractivity contribution >= 4 is 5.91 Å². The molecule has 0 bridgehead atoms. The molecular weight excluding hydrogens is 306 g/mol. The Labute approximate surface area is 143 Å². The molecule has 0 saturated carbocycles. The lowest BCUT2D eigenvalue weighted by atomic mass is 9.79. The Hall–Kier alpha value is -1.66. The van der Waals surface area contributed by atoms with Crippen LogP contribution in [0.4, 0.5) is 0 Å². The molecule has 24 heavy (non-hydrogen) atoms. The van der Waals surface area contributed by atoms with Gasteiger partial charge in [0.25, 0.3) is 0 Å². The molecule has 0 unspecified atom stereocenters. The fourth-order valence-corrected chi connectivity index (χ4v) is 3.53. The fourth-order valence-electron chi connectivity index (χ4n) is 3.53. The highest BCUT2D eigenvalue weighted by atomic mass is 16.5. The van der Waals surface area contributed by atoms with Crippen LogP contribution in [0.2, 0.25) is 0 Å². The summed E-state index contributed by atoms with van der Waals surface area (Å²) >= 11 is 0. The number of aromatic nitrogens is 1. The number of amides is 1. The minimum atomic E-state index is -0.138. The monoisotopic (exact) mass is 333 g/mol. The van der Waals surface area contributed by atoms with Crippen molar-refractivity contribution < 1.29 is 14.3 Å². The van der Waals surface area contributed by atoms with Gasteiger partial charge in [-0.2, -0.15) is 0 Å². The number of carbonyl (C=O) groups is 1. The molecule has 1 atom stereocenters. The van der Waals surface area contributed by atoms with Crippen LogP contribution in [-0.4, -0.2) is 73.2 Å². The smallest absolute Gasteiger partial charge is 0.224 e. The summed E-state index contributed by atoms with van der Waals surface area (Å²) in [6.07, 6.45) is 4.30. The zero-order valence-electron chi connectivity index (χ0n) is 14.6. The van der Waals surface area contributed by atoms with E-state index in [0.717, 1.165) is 39.1 Å². The third-order valence-electron chi connectivity index (χ3n) is 5.00. The van der Waals surface area contributed by atoms with Crippen molar-refractivity contribution in [2.24, 2.45) is 5.92 Å². The number of carbonyl (C=O) groups excluding carboxylic acids is 1. The number of ether oxygens (including phenoxy) is 2. The van der Waals surface area contributed by atoms with E-state index in [4.69, 9.17) is 9.47 Å². The van der Waals surface area contributed by atoms with E-state index in [0.29, 0.717) is 24.8 Å². The molecule has 0 aliphatic carbocycles. The summed E-state index contributed by atoms with van der Waals surface area (Å²) in [6, 6.07) is 5.67. The summed E-state index contributed by atoms with van der Waals surface area (Å²) in [7, 11) is 3.98. The summed E-state index contributed by atoms with van der Waals surface area (Å²) in [5.41, 5.74) is -0.138. The second-order valence-electron chi connectivity index (χ2n) is 7.01. The van der Waals surface area contributed by atoms with Gasteiger partial charge in [0.15, 0.2) is 0 Å². The van der Waals surface area contributed by atoms with Crippen molar-refractivity contribution in [2.45, 2.75) is 24.9 Å². The molecule has 3 heterocycles. The molecule has 1 amide bonds. The molecule has 1 aromatic heterocycles. The molecule has 0 N–H and O–H groups in total. The van der Waals surface area contributed by atoms with Gasteiger partial charge in [-0.15, -0.1) is 0 Å². The lowest BCUT2D eigenvalue weighted by molar-refractivity contribution is -0.166. The average molecular weight is 333 g/mol. The first-order valence-electron chi connectivity index (χ1n) is 8.69. The first-order valence-corrected chi connectivity index (χ1v) is 8.69. The first-order chi connectivity index (χ1) is 11.6. The second kappa shape index (κ2) is 7.49. The molecule has 2 aliphatic heterocycles. The summed E-state index contributed by atoms with van der Waals surface area (Å²) in [6.45, 7) is 3.68. The van der Waals surface area contributed by atoms with Gasteiger partial charge < -0.3 is 19.3 Å². The Morgan fingerprint density at radius 1 is 1.46 bits per heavy atom. The molecule has 0 radical (unpaired) electrons. The third-order valence-corrected chi connectivity index (χ3v) is 5.00. The Bertz CT molecular complexity index is 544. The average Bonchev–Trinajstić information content (AvgIpc) is 2.96. The van der Waals surface area contributed by atoms with E-state index in [1.54, 1.807) is 6.20 Å². The quantitative estimate of drug-likeness (QED) is 0.755. The molecule has 1 spiro atoms. The van der Waals surface area contributed by atoms with Crippen LogP contribution in [0.25, 0.3) is 0 Å². The van der Waals surface area contributed by atoms with Crippen molar-refractivity contribution in [2.75, 3.05) is 46.9 Å². The Balaban J connectivity index is 1.44. The molecule has 2 aliphatic rings. The molecule has 1 aromatic rings. The molecule has 6 nitrogen and oxygen atoms in total. The molecular formula is C18H27N3O3. The van der Waals surface area contributed by atoms with Crippen LogP contribution in [0.5, 0.6) is 5.88 Å². The van der Waals surface area contributed by atoms with E-state index < -0.39 is 0 Å². The van der Waals surface area contributed by atoms with Gasteiger partial charge in [-0.3, -0.25) is 4.79 Å². The van der Waals surface area contributed by atoms with E-state index >= 15 is 0 Å². The minimum absolute atomic E-state index is 0.138. The van der Waals surface area contributed by atoms with Crippen LogP contribution in [0, 0.1) is 5.92 Å². The highest BCUT2D eigenvalue weighted by Crippen LogP contribution is 2.41. The molecule has 2 saturated heterocycles. The van der Waals surface area contributed by atoms with Crippen molar-refractivity contribution in [3.05, 3.63) is 24.4 Å². The van der Waals surface area contributed by atoms with Gasteiger partial charge in [0.2, 0.25) is 11.8 Å². The Kier molecular flexibility index (Phi) is 5.36. The molecule has 6 heteroatoms. The minimum Gasteiger partial charge on any atom is -0.478 e. The van der Waals surface area contributed by atoms with Crippen LogP contribution < -0.4 is 4.74 Å². The number of nitrogens with zero attached hydrogens (tertiary/aromatic N) is 3. The van der Waals surface area contributed by atoms with Gasteiger partial charge in [0, 0.05) is 31.8 Å². The van der Waals surface area contributed by atoms with E-state index in [9.17, 15) is 4.79 Å². The summed E-state index contributed by atoms with van der Waals surface area (Å²) in [4.78, 5) is 20.3. The second-order valence-corrected chi connectivity index (χ2v) is 7.01. The maximum atomic E-state index is 12.2. The fraction of sp³-hybridized carbons (Fsp3) is 0.667. The zero-order chi connectivity index (χ0) is 17.0. The van der Waals surface area contributed by atoms with Gasteiger partial charge in [-0.1, -0.05) is 6.07 Å². The number of likely N-dealkylation sites (tertiary alicyclic amines) is 1. The van der Waals surface area contributed by atoms with E-state index in [-0.39, 0.29) is 11.5 Å². The maximum absolute atomic E-state index is 12.2. The highest BCUT2D eigenvalue weighted by molar-refractivity contribution is 5.77. The van der Waals surface area contributed by atoms with Gasteiger partial charge in [0.05, 0.1) is 19.7 Å². The van der Waals surface area contributed by atoms with Crippen LogP contribution >= 0.6 is 0 Å². The van der Waals surface area contributed by atoms with Gasteiger partial charge in [0.1, 0.15) is 5.60 Å². The Morgan fingerprint density at radius 3 is 3.00 bits per heavy atom. The zero-order valence-corrected chi connectivity index (χ0v) is 14.6. The SMILES string of the molecule is CN(C)CCC(=O)N1CC2(C1)OCC[C@H]2CCOc1ccccn1. The van der Waals surface area contributed by atoms with Crippen LogP contribution in [-0.2, 0) is 9.53 Å². The summed E-state index contributed by atoms with van der Waals surface area (Å²) < 4.78 is 11.7. The predicted molar refractivity (Wildman–Crippen MR) is 90.9 cm³/mol. The van der Waals surface area contributed by atoms with E-state index in [2.05, 4.69) is 4.98 Å². The van der Waals surface area contributed by atoms with Crippen LogP contribution in [0.3, 0.4) is 0 Å². The number of hydrogen-bond acceptors (Lipinski definition) is 5. The maximum Gasteiger partial charge on any atom is 0.224 e. The topological polar surface area (TPSA) is 54.9 Å². The summed E-state index contributed by atoms with van der Waals surface area (Å²) in [5, 5.41) is 0. The highest BCUT2D eigenvalue weighted by Gasteiger charge is 2.53. The largest absolute Gasteiger partial charge is 0.478 e. The summed E-state index contributed by atoms with van der Waals surface area (Å²) in [5.74, 6) is 1.35.